The predicted octanol–water partition coefficient (Wildman–Crippen LogP) is 3.57. The average Bonchev–Trinajstić information content (AvgIpc) is 3.35. The van der Waals surface area contributed by atoms with Crippen LogP contribution in [0.15, 0.2) is 34.1 Å². The van der Waals surface area contributed by atoms with Gasteiger partial charge in [0.05, 0.1) is 18.8 Å². The molecule has 4 rings (SSSR count). The molecule has 1 unspecified atom stereocenters. The van der Waals surface area contributed by atoms with Gasteiger partial charge < -0.3 is 14.5 Å². The molecule has 1 aliphatic rings. The minimum absolute atomic E-state index is 0.201. The number of benzene rings is 1. The normalized spacial score (nSPS) is 17.9. The summed E-state index contributed by atoms with van der Waals surface area (Å²) in [7, 11) is -3.30. The number of carbonyl (C=O) groups is 1. The number of carbonyl (C=O) groups excluding carboxylic acids is 1. The molecule has 1 atom stereocenters. The van der Waals surface area contributed by atoms with Gasteiger partial charge in [0.15, 0.2) is 22.2 Å². The van der Waals surface area contributed by atoms with Crippen LogP contribution in [0.25, 0.3) is 22.4 Å². The van der Waals surface area contributed by atoms with Crippen molar-refractivity contribution in [1.29, 1.82) is 0 Å². The number of rotatable bonds is 6. The maximum absolute atomic E-state index is 12.6. The van der Waals surface area contributed by atoms with Gasteiger partial charge in [0.25, 0.3) is 0 Å². The first kappa shape index (κ1) is 20.8. The van der Waals surface area contributed by atoms with Gasteiger partial charge >= 0.3 is 0 Å². The van der Waals surface area contributed by atoms with E-state index in [0.29, 0.717) is 53.9 Å². The molecular weight excluding hydrogens is 426 g/mol. The van der Waals surface area contributed by atoms with Gasteiger partial charge in [-0.1, -0.05) is 12.1 Å². The zero-order chi connectivity index (χ0) is 21.3. The van der Waals surface area contributed by atoms with Crippen LogP contribution >= 0.6 is 11.3 Å². The standard InChI is InChI=1S/C20H23N3O5S2/c1-3-27-16-8-4-6-13-10-17(28-18(13)16)15-12-29-20(21-15)22-19(24)14-7-5-9-23(11-14)30(2,25)26/h4,6,8,10,12,14H,3,5,7,9,11H2,1-2H3,(H,21,22,24). The summed E-state index contributed by atoms with van der Waals surface area (Å²) in [4.78, 5) is 17.1. The number of nitrogens with zero attached hydrogens (tertiary/aromatic N) is 2. The van der Waals surface area contributed by atoms with Crippen molar-refractivity contribution in [3.8, 4) is 17.2 Å². The molecule has 0 saturated carbocycles. The molecule has 0 aliphatic carbocycles. The second-order valence-electron chi connectivity index (χ2n) is 7.21. The molecule has 0 spiro atoms. The lowest BCUT2D eigenvalue weighted by Crippen LogP contribution is -2.43. The van der Waals surface area contributed by atoms with E-state index in [-0.39, 0.29) is 18.4 Å². The number of nitrogens with one attached hydrogen (secondary N) is 1. The molecule has 0 bridgehead atoms. The fourth-order valence-corrected chi connectivity index (χ4v) is 5.16. The molecule has 10 heteroatoms. The number of sulfonamides is 1. The first-order chi connectivity index (χ1) is 14.3. The Morgan fingerprint density at radius 3 is 3.03 bits per heavy atom. The monoisotopic (exact) mass is 449 g/mol. The number of piperidine rings is 1. The Kier molecular flexibility index (Phi) is 5.81. The van der Waals surface area contributed by atoms with Crippen LogP contribution < -0.4 is 10.1 Å². The number of hydrogen-bond acceptors (Lipinski definition) is 7. The van der Waals surface area contributed by atoms with Gasteiger partial charge in [-0.3, -0.25) is 4.79 Å². The van der Waals surface area contributed by atoms with Crippen LogP contribution in [0, 0.1) is 5.92 Å². The van der Waals surface area contributed by atoms with Crippen LogP contribution in [0.4, 0.5) is 5.13 Å². The molecule has 0 radical (unpaired) electrons. The highest BCUT2D eigenvalue weighted by molar-refractivity contribution is 7.88. The van der Waals surface area contributed by atoms with Crippen molar-refractivity contribution in [3.63, 3.8) is 0 Å². The van der Waals surface area contributed by atoms with Crippen molar-refractivity contribution in [3.05, 3.63) is 29.6 Å². The summed E-state index contributed by atoms with van der Waals surface area (Å²) in [5, 5.41) is 6.01. The van der Waals surface area contributed by atoms with E-state index in [1.807, 2.05) is 36.6 Å². The number of amides is 1. The van der Waals surface area contributed by atoms with Crippen molar-refractivity contribution in [1.82, 2.24) is 9.29 Å². The molecule has 1 fully saturated rings. The van der Waals surface area contributed by atoms with Crippen molar-refractivity contribution in [2.24, 2.45) is 5.92 Å². The van der Waals surface area contributed by atoms with Gasteiger partial charge in [-0.2, -0.15) is 0 Å². The minimum Gasteiger partial charge on any atom is -0.490 e. The maximum atomic E-state index is 12.6. The van der Waals surface area contributed by atoms with Crippen LogP contribution in [0.3, 0.4) is 0 Å². The van der Waals surface area contributed by atoms with Crippen molar-refractivity contribution in [2.75, 3.05) is 31.3 Å². The summed E-state index contributed by atoms with van der Waals surface area (Å²) in [6, 6.07) is 7.60. The molecule has 3 aromatic rings. The summed E-state index contributed by atoms with van der Waals surface area (Å²) in [6.07, 6.45) is 2.49. The molecule has 1 amide bonds. The van der Waals surface area contributed by atoms with Crippen molar-refractivity contribution < 1.29 is 22.4 Å². The smallest absolute Gasteiger partial charge is 0.230 e. The van der Waals surface area contributed by atoms with Crippen molar-refractivity contribution >= 4 is 43.4 Å². The number of aromatic nitrogens is 1. The van der Waals surface area contributed by atoms with Crippen LogP contribution in [0.1, 0.15) is 19.8 Å². The Labute approximate surface area is 178 Å². The van der Waals surface area contributed by atoms with E-state index in [4.69, 9.17) is 9.15 Å². The fraction of sp³-hybridized carbons (Fsp3) is 0.400. The Morgan fingerprint density at radius 2 is 2.27 bits per heavy atom. The number of ether oxygens (including phenoxy) is 1. The van der Waals surface area contributed by atoms with Gasteiger partial charge in [-0.25, -0.2) is 17.7 Å². The second-order valence-corrected chi connectivity index (χ2v) is 10.0. The zero-order valence-corrected chi connectivity index (χ0v) is 18.4. The zero-order valence-electron chi connectivity index (χ0n) is 16.8. The highest BCUT2D eigenvalue weighted by atomic mass is 32.2. The third kappa shape index (κ3) is 4.35. The minimum atomic E-state index is -3.30. The molecule has 2 aromatic heterocycles. The second kappa shape index (κ2) is 8.37. The summed E-state index contributed by atoms with van der Waals surface area (Å²) >= 11 is 1.30. The quantitative estimate of drug-likeness (QED) is 0.617. The van der Waals surface area contributed by atoms with Crippen LogP contribution in [0.2, 0.25) is 0 Å². The first-order valence-electron chi connectivity index (χ1n) is 9.72. The molecule has 30 heavy (non-hydrogen) atoms. The Bertz CT molecular complexity index is 1170. The number of anilines is 1. The van der Waals surface area contributed by atoms with Crippen LogP contribution in [0.5, 0.6) is 5.75 Å². The Hall–Kier alpha value is -2.43. The molecule has 3 heterocycles. The molecule has 1 aromatic carbocycles. The van der Waals surface area contributed by atoms with E-state index in [9.17, 15) is 13.2 Å². The lowest BCUT2D eigenvalue weighted by atomic mass is 9.99. The van der Waals surface area contributed by atoms with Crippen LogP contribution in [-0.2, 0) is 14.8 Å². The third-order valence-electron chi connectivity index (χ3n) is 5.02. The number of hydrogen-bond donors (Lipinski definition) is 1. The average molecular weight is 450 g/mol. The van der Waals surface area contributed by atoms with E-state index in [0.717, 1.165) is 5.39 Å². The molecule has 1 aliphatic heterocycles. The summed E-state index contributed by atoms with van der Waals surface area (Å²) in [5.74, 6) is 0.667. The number of fused-ring (bicyclic) bond motifs is 1. The summed E-state index contributed by atoms with van der Waals surface area (Å²) in [5.41, 5.74) is 1.28. The van der Waals surface area contributed by atoms with E-state index in [2.05, 4.69) is 10.3 Å². The molecular formula is C20H23N3O5S2. The highest BCUT2D eigenvalue weighted by Crippen LogP contribution is 2.34. The Morgan fingerprint density at radius 1 is 1.43 bits per heavy atom. The van der Waals surface area contributed by atoms with E-state index >= 15 is 0 Å². The summed E-state index contributed by atoms with van der Waals surface area (Å²) < 4.78 is 36.5. The van der Waals surface area contributed by atoms with E-state index < -0.39 is 10.0 Å². The Balaban J connectivity index is 1.49. The maximum Gasteiger partial charge on any atom is 0.230 e. The molecule has 8 nitrogen and oxygen atoms in total. The SMILES string of the molecule is CCOc1cccc2cc(-c3csc(NC(=O)C4CCCN(S(C)(=O)=O)C4)n3)oc12. The molecule has 1 N–H and O–H groups in total. The number of thiazole rings is 1. The lowest BCUT2D eigenvalue weighted by molar-refractivity contribution is -0.120. The predicted molar refractivity (Wildman–Crippen MR) is 116 cm³/mol. The van der Waals surface area contributed by atoms with Crippen LogP contribution in [-0.4, -0.2) is 49.6 Å². The van der Waals surface area contributed by atoms with E-state index in [1.54, 1.807) is 0 Å². The van der Waals surface area contributed by atoms with E-state index in [1.165, 1.54) is 21.9 Å². The molecule has 1 saturated heterocycles. The largest absolute Gasteiger partial charge is 0.490 e. The lowest BCUT2D eigenvalue weighted by Gasteiger charge is -2.29. The van der Waals surface area contributed by atoms with Gasteiger partial charge in [-0.15, -0.1) is 11.3 Å². The number of furan rings is 1. The number of para-hydroxylation sites is 1. The first-order valence-corrected chi connectivity index (χ1v) is 12.4. The van der Waals surface area contributed by atoms with Gasteiger partial charge in [-0.05, 0) is 31.9 Å². The van der Waals surface area contributed by atoms with Gasteiger partial charge in [0, 0.05) is 23.9 Å². The fourth-order valence-electron chi connectivity index (χ4n) is 3.54. The van der Waals surface area contributed by atoms with Gasteiger partial charge in [0.2, 0.25) is 15.9 Å². The summed E-state index contributed by atoms with van der Waals surface area (Å²) in [6.45, 7) is 3.12. The third-order valence-corrected chi connectivity index (χ3v) is 7.05. The topological polar surface area (TPSA) is 102 Å². The molecule has 160 valence electrons. The van der Waals surface area contributed by atoms with Crippen molar-refractivity contribution in [2.45, 2.75) is 19.8 Å². The van der Waals surface area contributed by atoms with Gasteiger partial charge in [0.1, 0.15) is 5.69 Å². The highest BCUT2D eigenvalue weighted by Gasteiger charge is 2.30.